The number of carbonyl (C=O) groups excluding carboxylic acids is 1. The van der Waals surface area contributed by atoms with Gasteiger partial charge >= 0.3 is 13.5 Å². The van der Waals surface area contributed by atoms with Gasteiger partial charge in [-0.05, 0) is 26.0 Å². The molecule has 2 unspecified atom stereocenters. The van der Waals surface area contributed by atoms with Crippen molar-refractivity contribution in [1.29, 1.82) is 0 Å². The van der Waals surface area contributed by atoms with Crippen molar-refractivity contribution in [3.8, 4) is 5.75 Å². The molecular weight excluding hydrogens is 856 g/mol. The molecular formula is C39H38FIN6O6P2. The summed E-state index contributed by atoms with van der Waals surface area (Å²) in [5.74, 6) is 0.0335. The number of hydrogen-bond donors (Lipinski definition) is 1. The molecule has 6 aromatic rings. The second-order valence-corrected chi connectivity index (χ2v) is 19.0. The predicted molar refractivity (Wildman–Crippen MR) is 219 cm³/mol. The number of rotatable bonds is 14. The summed E-state index contributed by atoms with van der Waals surface area (Å²) in [6, 6.07) is 37.9. The molecule has 284 valence electrons. The number of nitrogens with one attached hydrogen (secondary N) is 1. The lowest BCUT2D eigenvalue weighted by Crippen LogP contribution is -2.36. The third-order valence-electron chi connectivity index (χ3n) is 8.79. The van der Waals surface area contributed by atoms with E-state index in [1.165, 1.54) is 24.1 Å². The maximum Gasteiger partial charge on any atom is 0.342 e. The quantitative estimate of drug-likeness (QED) is 0.0509. The average molecular weight is 895 g/mol. The Morgan fingerprint density at radius 3 is 2.04 bits per heavy atom. The van der Waals surface area contributed by atoms with Gasteiger partial charge in [-0.2, -0.15) is 0 Å². The number of esters is 1. The summed E-state index contributed by atoms with van der Waals surface area (Å²) in [5.41, 5.74) is 0.693. The Balaban J connectivity index is 1.21. The maximum absolute atomic E-state index is 16.2. The van der Waals surface area contributed by atoms with Gasteiger partial charge in [0.25, 0.3) is 0 Å². The fourth-order valence-electron chi connectivity index (χ4n) is 6.27. The minimum absolute atomic E-state index is 0.149. The van der Waals surface area contributed by atoms with E-state index in [0.717, 1.165) is 15.9 Å². The molecule has 1 N–H and O–H groups in total. The maximum atomic E-state index is 16.2. The molecule has 3 heterocycles. The van der Waals surface area contributed by atoms with Gasteiger partial charge in [-0.15, -0.1) is 0 Å². The smallest absolute Gasteiger partial charge is 0.342 e. The van der Waals surface area contributed by atoms with Gasteiger partial charge in [0, 0.05) is 15.9 Å². The van der Waals surface area contributed by atoms with E-state index in [1.807, 2.05) is 77.2 Å². The largest absolute Gasteiger partial charge is 0.465 e. The number of benzene rings is 4. The van der Waals surface area contributed by atoms with Crippen LogP contribution in [0.5, 0.6) is 5.75 Å². The van der Waals surface area contributed by atoms with E-state index in [2.05, 4.69) is 56.4 Å². The second-order valence-electron chi connectivity index (χ2n) is 12.5. The number of ether oxygens (including phenoxy) is 3. The number of alkyl halides is 2. The number of nitrogens with zero attached hydrogens (tertiary/aromatic N) is 5. The van der Waals surface area contributed by atoms with E-state index in [-0.39, 0.29) is 6.61 Å². The first-order chi connectivity index (χ1) is 26.7. The summed E-state index contributed by atoms with van der Waals surface area (Å²) in [6.45, 7) is 3.34. The predicted octanol–water partition coefficient (Wildman–Crippen LogP) is 7.42. The standard InChI is InChI=1S/C39H38FIN6O6P2/c1-3-50-38(48)27(2)45-54(49,53-28-16-8-4-9-17-28)26-51-39-33(41)32(40)37(52-39)47-25-44-34-35(42-24-43-36(34)47)46-55(29-18-10-5-11-19-29,30-20-12-6-13-21-30)31-22-14-7-15-23-31/h4-25,27,32-33,37,39H,3,26H2,1-2H3,(H,45,49)/t27?,32-,33-,37+,39-,54?/m0/s1. The molecule has 16 heteroatoms. The zero-order chi connectivity index (χ0) is 38.4. The summed E-state index contributed by atoms with van der Waals surface area (Å²) in [4.78, 5) is 26.2. The van der Waals surface area contributed by atoms with Gasteiger partial charge < -0.3 is 18.7 Å². The molecule has 55 heavy (non-hydrogen) atoms. The molecule has 7 rings (SSSR count). The van der Waals surface area contributed by atoms with Gasteiger partial charge in [0.2, 0.25) is 0 Å². The van der Waals surface area contributed by atoms with Crippen LogP contribution in [0, 0.1) is 0 Å². The lowest BCUT2D eigenvalue weighted by Gasteiger charge is -2.26. The number of carbonyl (C=O) groups is 1. The normalized spacial score (nSPS) is 20.1. The minimum atomic E-state index is -3.92. The first-order valence-electron chi connectivity index (χ1n) is 17.5. The van der Waals surface area contributed by atoms with Crippen molar-refractivity contribution in [1.82, 2.24) is 24.6 Å². The van der Waals surface area contributed by atoms with Gasteiger partial charge in [0.05, 0.1) is 23.9 Å². The van der Waals surface area contributed by atoms with Gasteiger partial charge in [-0.3, -0.25) is 13.9 Å². The van der Waals surface area contributed by atoms with Gasteiger partial charge in [0.1, 0.15) is 18.1 Å². The van der Waals surface area contributed by atoms with Crippen LogP contribution in [0.15, 0.2) is 139 Å². The van der Waals surface area contributed by atoms with Crippen molar-refractivity contribution in [2.24, 2.45) is 4.74 Å². The first kappa shape index (κ1) is 39.0. The van der Waals surface area contributed by atoms with Crippen LogP contribution in [0.2, 0.25) is 0 Å². The molecule has 1 saturated heterocycles. The van der Waals surface area contributed by atoms with E-state index in [0.29, 0.717) is 22.7 Å². The van der Waals surface area contributed by atoms with E-state index in [4.69, 9.17) is 23.5 Å². The Labute approximate surface area is 331 Å². The number of fused-ring (bicyclic) bond motifs is 1. The van der Waals surface area contributed by atoms with Gasteiger partial charge in [-0.1, -0.05) is 132 Å². The fraction of sp³-hybridized carbons (Fsp3) is 0.231. The number of imidazole rings is 1. The number of hydrogen-bond acceptors (Lipinski definition) is 10. The van der Waals surface area contributed by atoms with E-state index in [9.17, 15) is 9.36 Å². The van der Waals surface area contributed by atoms with E-state index in [1.54, 1.807) is 37.3 Å². The third kappa shape index (κ3) is 8.30. The molecule has 4 aromatic carbocycles. The Morgan fingerprint density at radius 1 is 0.909 bits per heavy atom. The number of halogens is 2. The molecule has 6 atom stereocenters. The van der Waals surface area contributed by atoms with Crippen molar-refractivity contribution in [3.63, 3.8) is 0 Å². The van der Waals surface area contributed by atoms with Crippen LogP contribution in [0.25, 0.3) is 11.2 Å². The molecule has 1 fully saturated rings. The van der Waals surface area contributed by atoms with E-state index >= 15 is 4.39 Å². The molecule has 2 aromatic heterocycles. The lowest BCUT2D eigenvalue weighted by atomic mass is 10.3. The van der Waals surface area contributed by atoms with Crippen molar-refractivity contribution < 1.29 is 32.5 Å². The van der Waals surface area contributed by atoms with Crippen LogP contribution in [-0.4, -0.2) is 60.9 Å². The van der Waals surface area contributed by atoms with Crippen molar-refractivity contribution in [2.75, 3.05) is 13.0 Å². The Bertz CT molecular complexity index is 2220. The van der Waals surface area contributed by atoms with Crippen LogP contribution in [0.4, 0.5) is 10.2 Å². The molecule has 0 aliphatic carbocycles. The molecule has 0 saturated carbocycles. The molecule has 0 bridgehead atoms. The Kier molecular flexibility index (Phi) is 12.2. The highest BCUT2D eigenvalue weighted by Crippen LogP contribution is 2.50. The van der Waals surface area contributed by atoms with Crippen molar-refractivity contribution >= 4 is 76.0 Å². The fourth-order valence-corrected chi connectivity index (χ4v) is 12.2. The molecule has 0 spiro atoms. The topological polar surface area (TPSA) is 139 Å². The molecule has 12 nitrogen and oxygen atoms in total. The van der Waals surface area contributed by atoms with Crippen molar-refractivity contribution in [3.05, 3.63) is 134 Å². The van der Waals surface area contributed by atoms with Crippen LogP contribution in [-0.2, 0) is 23.6 Å². The zero-order valence-corrected chi connectivity index (χ0v) is 33.8. The van der Waals surface area contributed by atoms with Gasteiger partial charge in [0.15, 0.2) is 42.0 Å². The molecule has 1 aliphatic heterocycles. The summed E-state index contributed by atoms with van der Waals surface area (Å²) in [7, 11) is -6.64. The van der Waals surface area contributed by atoms with E-state index < -0.39 is 55.5 Å². The lowest BCUT2D eigenvalue weighted by molar-refractivity contribution is -0.144. The van der Waals surface area contributed by atoms with Crippen LogP contribution in [0.3, 0.4) is 0 Å². The van der Waals surface area contributed by atoms with Crippen molar-refractivity contribution in [2.45, 2.75) is 42.5 Å². The highest BCUT2D eigenvalue weighted by atomic mass is 127. The summed E-state index contributed by atoms with van der Waals surface area (Å²) >= 11 is 1.92. The highest BCUT2D eigenvalue weighted by Gasteiger charge is 2.47. The SMILES string of the molecule is CCOC(=O)C(C)NP(=O)(CO[C@H]1O[C@@H](n2cnc3c(N=P(c4ccccc4)(c4ccccc4)c4ccccc4)ncnc32)[C@@H](F)[C@@H]1I)Oc1ccccc1. The number of para-hydroxylation sites is 1. The highest BCUT2D eigenvalue weighted by molar-refractivity contribution is 14.1. The number of aromatic nitrogens is 4. The molecule has 0 radical (unpaired) electrons. The average Bonchev–Trinajstić information content (AvgIpc) is 3.77. The molecule has 1 aliphatic rings. The second kappa shape index (κ2) is 17.2. The molecule has 0 amide bonds. The summed E-state index contributed by atoms with van der Waals surface area (Å²) in [5, 5.41) is 5.81. The monoisotopic (exact) mass is 894 g/mol. The van der Waals surface area contributed by atoms with Crippen LogP contribution >= 0.6 is 37.2 Å². The van der Waals surface area contributed by atoms with Gasteiger partial charge in [-0.25, -0.2) is 29.2 Å². The Morgan fingerprint density at radius 2 is 1.47 bits per heavy atom. The first-order valence-corrected chi connectivity index (χ1v) is 22.3. The minimum Gasteiger partial charge on any atom is -0.465 e. The Hall–Kier alpha value is -4.30. The zero-order valence-electron chi connectivity index (χ0n) is 29.8. The van der Waals surface area contributed by atoms with Crippen LogP contribution < -0.4 is 25.5 Å². The van der Waals surface area contributed by atoms with Crippen LogP contribution in [0.1, 0.15) is 20.1 Å². The third-order valence-corrected chi connectivity index (χ3v) is 15.5. The summed E-state index contributed by atoms with van der Waals surface area (Å²) in [6.07, 6.45) is -1.61. The summed E-state index contributed by atoms with van der Waals surface area (Å²) < 4.78 is 59.6.